The first kappa shape index (κ1) is 12.6. The number of nitrogens with zero attached hydrogens (tertiary/aromatic N) is 3. The van der Waals surface area contributed by atoms with Crippen molar-refractivity contribution in [1.29, 1.82) is 0 Å². The third-order valence-electron chi connectivity index (χ3n) is 2.67. The highest BCUT2D eigenvalue weighted by Crippen LogP contribution is 2.08. The lowest BCUT2D eigenvalue weighted by atomic mass is 9.99. The summed E-state index contributed by atoms with van der Waals surface area (Å²) in [7, 11) is 0. The summed E-state index contributed by atoms with van der Waals surface area (Å²) in [5.41, 5.74) is 5.80. The molecule has 90 valence electrons. The van der Waals surface area contributed by atoms with Crippen LogP contribution in [0.5, 0.6) is 0 Å². The van der Waals surface area contributed by atoms with E-state index in [9.17, 15) is 4.79 Å². The number of hydrogen-bond acceptors (Lipinski definition) is 5. The molecule has 0 saturated carbocycles. The van der Waals surface area contributed by atoms with Crippen molar-refractivity contribution in [3.05, 3.63) is 5.82 Å². The minimum atomic E-state index is -0.501. The monoisotopic (exact) mass is 226 g/mol. The van der Waals surface area contributed by atoms with Crippen LogP contribution in [0.2, 0.25) is 0 Å². The molecule has 0 aliphatic carbocycles. The van der Waals surface area contributed by atoms with E-state index >= 15 is 0 Å². The lowest BCUT2D eigenvalue weighted by Crippen LogP contribution is -2.45. The van der Waals surface area contributed by atoms with Gasteiger partial charge >= 0.3 is 0 Å². The smallest absolute Gasteiger partial charge is 0.237 e. The first-order valence-corrected chi connectivity index (χ1v) is 5.35. The molecule has 0 aliphatic heterocycles. The van der Waals surface area contributed by atoms with E-state index in [1.54, 1.807) is 6.92 Å². The molecule has 0 spiro atoms. The van der Waals surface area contributed by atoms with Crippen LogP contribution in [0.1, 0.15) is 39.1 Å². The molecule has 1 rings (SSSR count). The number of tetrazole rings is 1. The minimum Gasteiger partial charge on any atom is -0.345 e. The summed E-state index contributed by atoms with van der Waals surface area (Å²) in [5, 5.41) is 16.1. The number of rotatable bonds is 5. The molecule has 0 fully saturated rings. The van der Waals surface area contributed by atoms with Gasteiger partial charge in [-0.3, -0.25) is 4.79 Å². The first-order valence-electron chi connectivity index (χ1n) is 5.35. The van der Waals surface area contributed by atoms with Crippen LogP contribution >= 0.6 is 0 Å². The second kappa shape index (κ2) is 5.55. The van der Waals surface area contributed by atoms with Gasteiger partial charge in [0.05, 0.1) is 12.1 Å². The maximum atomic E-state index is 11.7. The molecule has 0 saturated heterocycles. The van der Waals surface area contributed by atoms with Crippen LogP contribution in [0.4, 0.5) is 0 Å². The lowest BCUT2D eigenvalue weighted by Gasteiger charge is -2.19. The fourth-order valence-corrected chi connectivity index (χ4v) is 1.24. The van der Waals surface area contributed by atoms with Crippen molar-refractivity contribution >= 4 is 5.91 Å². The summed E-state index contributed by atoms with van der Waals surface area (Å²) in [6, 6.07) is -0.791. The van der Waals surface area contributed by atoms with E-state index in [1.165, 1.54) is 0 Å². The Bertz CT molecular complexity index is 325. The number of aromatic amines is 1. The van der Waals surface area contributed by atoms with Gasteiger partial charge in [-0.2, -0.15) is 5.21 Å². The molecule has 1 heterocycles. The standard InChI is InChI=1S/C9H18N6O/c1-4-5(2)7(10)9(16)11-6(3)8-12-14-15-13-8/h5-7H,4,10H2,1-3H3,(H,11,16)(H,12,13,14,15). The van der Waals surface area contributed by atoms with E-state index in [-0.39, 0.29) is 17.9 Å². The maximum absolute atomic E-state index is 11.7. The lowest BCUT2D eigenvalue weighted by molar-refractivity contribution is -0.124. The van der Waals surface area contributed by atoms with Gasteiger partial charge in [-0.25, -0.2) is 0 Å². The molecular formula is C9H18N6O. The highest BCUT2D eigenvalue weighted by molar-refractivity contribution is 5.82. The van der Waals surface area contributed by atoms with Gasteiger partial charge in [0.2, 0.25) is 5.91 Å². The van der Waals surface area contributed by atoms with Crippen LogP contribution in [-0.4, -0.2) is 32.6 Å². The molecule has 16 heavy (non-hydrogen) atoms. The second-order valence-electron chi connectivity index (χ2n) is 3.91. The number of amides is 1. The number of carbonyl (C=O) groups is 1. The molecule has 1 amide bonds. The van der Waals surface area contributed by atoms with Crippen molar-refractivity contribution in [1.82, 2.24) is 25.9 Å². The summed E-state index contributed by atoms with van der Waals surface area (Å²) in [6.45, 7) is 5.73. The van der Waals surface area contributed by atoms with Crippen molar-refractivity contribution < 1.29 is 4.79 Å². The Morgan fingerprint density at radius 1 is 1.56 bits per heavy atom. The van der Waals surface area contributed by atoms with E-state index in [2.05, 4.69) is 25.9 Å². The SMILES string of the molecule is CCC(C)C(N)C(=O)NC(C)c1nn[nH]n1. The molecule has 7 heteroatoms. The van der Waals surface area contributed by atoms with Crippen LogP contribution in [0.3, 0.4) is 0 Å². The summed E-state index contributed by atoms with van der Waals surface area (Å²) in [4.78, 5) is 11.7. The average Bonchev–Trinajstić information content (AvgIpc) is 2.80. The molecule has 3 unspecified atom stereocenters. The third-order valence-corrected chi connectivity index (χ3v) is 2.67. The Balaban J connectivity index is 2.51. The average molecular weight is 226 g/mol. The molecule has 0 aromatic carbocycles. The summed E-state index contributed by atoms with van der Waals surface area (Å²) < 4.78 is 0. The maximum Gasteiger partial charge on any atom is 0.237 e. The predicted octanol–water partition coefficient (Wildman–Crippen LogP) is -0.250. The van der Waals surface area contributed by atoms with Gasteiger partial charge in [0.1, 0.15) is 0 Å². The second-order valence-corrected chi connectivity index (χ2v) is 3.91. The largest absolute Gasteiger partial charge is 0.345 e. The van der Waals surface area contributed by atoms with E-state index in [1.807, 2.05) is 13.8 Å². The zero-order valence-electron chi connectivity index (χ0n) is 9.77. The number of H-pyrrole nitrogens is 1. The van der Waals surface area contributed by atoms with E-state index in [4.69, 9.17) is 5.73 Å². The zero-order chi connectivity index (χ0) is 12.1. The first-order chi connectivity index (χ1) is 7.56. The van der Waals surface area contributed by atoms with Gasteiger partial charge in [0, 0.05) is 0 Å². The summed E-state index contributed by atoms with van der Waals surface area (Å²) in [5.74, 6) is 0.411. The summed E-state index contributed by atoms with van der Waals surface area (Å²) >= 11 is 0. The molecule has 1 aromatic rings. The molecule has 0 aliphatic rings. The quantitative estimate of drug-likeness (QED) is 0.641. The van der Waals surface area contributed by atoms with Gasteiger partial charge in [-0.15, -0.1) is 10.2 Å². The number of nitrogens with two attached hydrogens (primary N) is 1. The van der Waals surface area contributed by atoms with Crippen LogP contribution < -0.4 is 11.1 Å². The summed E-state index contributed by atoms with van der Waals surface area (Å²) in [6.07, 6.45) is 0.866. The number of hydrogen-bond donors (Lipinski definition) is 3. The van der Waals surface area contributed by atoms with E-state index in [0.717, 1.165) is 6.42 Å². The van der Waals surface area contributed by atoms with Crippen molar-refractivity contribution in [3.63, 3.8) is 0 Å². The number of nitrogens with one attached hydrogen (secondary N) is 2. The topological polar surface area (TPSA) is 110 Å². The van der Waals surface area contributed by atoms with Gasteiger partial charge < -0.3 is 11.1 Å². The van der Waals surface area contributed by atoms with Gasteiger partial charge in [0.15, 0.2) is 5.82 Å². The van der Waals surface area contributed by atoms with Crippen molar-refractivity contribution in [2.24, 2.45) is 11.7 Å². The molecule has 4 N–H and O–H groups in total. The predicted molar refractivity (Wildman–Crippen MR) is 58.2 cm³/mol. The van der Waals surface area contributed by atoms with Crippen molar-refractivity contribution in [2.45, 2.75) is 39.3 Å². The number of carbonyl (C=O) groups excluding carboxylic acids is 1. The molecule has 7 nitrogen and oxygen atoms in total. The molecule has 3 atom stereocenters. The van der Waals surface area contributed by atoms with Gasteiger partial charge in [-0.1, -0.05) is 25.5 Å². The van der Waals surface area contributed by atoms with Gasteiger partial charge in [-0.05, 0) is 12.8 Å². The fraction of sp³-hybridized carbons (Fsp3) is 0.778. The van der Waals surface area contributed by atoms with Crippen LogP contribution in [0, 0.1) is 5.92 Å². The van der Waals surface area contributed by atoms with E-state index < -0.39 is 6.04 Å². The Morgan fingerprint density at radius 2 is 2.25 bits per heavy atom. The Kier molecular flexibility index (Phi) is 4.36. The van der Waals surface area contributed by atoms with Crippen LogP contribution in [0.25, 0.3) is 0 Å². The minimum absolute atomic E-state index is 0.150. The highest BCUT2D eigenvalue weighted by Gasteiger charge is 2.22. The van der Waals surface area contributed by atoms with Gasteiger partial charge in [0.25, 0.3) is 0 Å². The molecule has 0 bridgehead atoms. The molecule has 1 aromatic heterocycles. The van der Waals surface area contributed by atoms with Crippen molar-refractivity contribution in [3.8, 4) is 0 Å². The molecular weight excluding hydrogens is 208 g/mol. The highest BCUT2D eigenvalue weighted by atomic mass is 16.2. The third kappa shape index (κ3) is 2.99. The molecule has 0 radical (unpaired) electrons. The Hall–Kier alpha value is -1.50. The fourth-order valence-electron chi connectivity index (χ4n) is 1.24. The normalized spacial score (nSPS) is 16.5. The Morgan fingerprint density at radius 3 is 2.75 bits per heavy atom. The zero-order valence-corrected chi connectivity index (χ0v) is 9.77. The van der Waals surface area contributed by atoms with Crippen LogP contribution in [0.15, 0.2) is 0 Å². The number of aromatic nitrogens is 4. The van der Waals surface area contributed by atoms with Crippen molar-refractivity contribution in [2.75, 3.05) is 0 Å². The van der Waals surface area contributed by atoms with Crippen LogP contribution in [-0.2, 0) is 4.79 Å². The van der Waals surface area contributed by atoms with E-state index in [0.29, 0.717) is 5.82 Å². The Labute approximate surface area is 94.2 Å².